The molecule has 0 aliphatic carbocycles. The van der Waals surface area contributed by atoms with Crippen molar-refractivity contribution >= 4 is 0 Å². The van der Waals surface area contributed by atoms with E-state index < -0.39 is 0 Å². The molecule has 0 amide bonds. The molecule has 0 radical (unpaired) electrons. The van der Waals surface area contributed by atoms with E-state index >= 15 is 0 Å². The average Bonchev–Trinajstić information content (AvgIpc) is 2.75. The summed E-state index contributed by atoms with van der Waals surface area (Å²) in [6.07, 6.45) is 8.39. The van der Waals surface area contributed by atoms with Gasteiger partial charge in [0.2, 0.25) is 0 Å². The Morgan fingerprint density at radius 3 is 2.57 bits per heavy atom. The topological polar surface area (TPSA) is 57.1 Å². The number of aromatic nitrogens is 3. The number of benzene rings is 1. The first-order chi connectivity index (χ1) is 14.7. The van der Waals surface area contributed by atoms with Crippen molar-refractivity contribution < 1.29 is 13.9 Å². The van der Waals surface area contributed by atoms with Gasteiger partial charge in [0.1, 0.15) is 17.7 Å². The fourth-order valence-electron chi connectivity index (χ4n) is 3.70. The molecule has 0 bridgehead atoms. The summed E-state index contributed by atoms with van der Waals surface area (Å²) in [5, 5.41) is 0. The maximum atomic E-state index is 13.3. The van der Waals surface area contributed by atoms with Gasteiger partial charge in [0.05, 0.1) is 24.6 Å². The fourth-order valence-corrected chi connectivity index (χ4v) is 3.70. The molecular weight excluding hydrogens is 381 g/mol. The Kier molecular flexibility index (Phi) is 6.64. The van der Waals surface area contributed by atoms with Gasteiger partial charge in [-0.15, -0.1) is 0 Å². The number of ether oxygens (including phenoxy) is 2. The zero-order chi connectivity index (χ0) is 20.8. The Bertz CT molecular complexity index is 944. The maximum absolute atomic E-state index is 13.3. The van der Waals surface area contributed by atoms with Crippen molar-refractivity contribution in [3.05, 3.63) is 83.5 Å². The van der Waals surface area contributed by atoms with E-state index in [1.54, 1.807) is 18.6 Å². The lowest BCUT2D eigenvalue weighted by atomic mass is 9.95. The molecule has 30 heavy (non-hydrogen) atoms. The van der Waals surface area contributed by atoms with Crippen molar-refractivity contribution in [2.45, 2.75) is 44.6 Å². The molecule has 1 aromatic carbocycles. The standard InChI is InChI=1S/C24H26FN3O2/c1-17(18-2-4-19(25)5-3-18)12-20-14-24(30-23-6-10-29-11-7-23)15-21(28-20)13-22-16-26-8-9-27-22/h2-5,8-9,14-17,23H,6-7,10-13H2,1H3/t17-/m1/s1. The van der Waals surface area contributed by atoms with Crippen LogP contribution in [-0.4, -0.2) is 34.3 Å². The zero-order valence-electron chi connectivity index (χ0n) is 17.1. The first kappa shape index (κ1) is 20.4. The molecule has 0 N–H and O–H groups in total. The van der Waals surface area contributed by atoms with Gasteiger partial charge < -0.3 is 9.47 Å². The summed E-state index contributed by atoms with van der Waals surface area (Å²) in [5.74, 6) is 0.820. The lowest BCUT2D eigenvalue weighted by Crippen LogP contribution is -2.26. The highest BCUT2D eigenvalue weighted by Crippen LogP contribution is 2.25. The highest BCUT2D eigenvalue weighted by atomic mass is 19.1. The normalized spacial score (nSPS) is 15.7. The van der Waals surface area contributed by atoms with Gasteiger partial charge in [0, 0.05) is 55.7 Å². The summed E-state index contributed by atoms with van der Waals surface area (Å²) < 4.78 is 25.0. The van der Waals surface area contributed by atoms with Crippen molar-refractivity contribution in [2.75, 3.05) is 13.2 Å². The molecule has 1 aliphatic heterocycles. The van der Waals surface area contributed by atoms with Crippen molar-refractivity contribution in [1.82, 2.24) is 15.0 Å². The quantitative estimate of drug-likeness (QED) is 0.577. The number of halogens is 1. The first-order valence-electron chi connectivity index (χ1n) is 10.4. The predicted octanol–water partition coefficient (Wildman–Crippen LogP) is 4.51. The van der Waals surface area contributed by atoms with Crippen LogP contribution in [0.4, 0.5) is 4.39 Å². The van der Waals surface area contributed by atoms with Crippen molar-refractivity contribution in [1.29, 1.82) is 0 Å². The van der Waals surface area contributed by atoms with E-state index in [-0.39, 0.29) is 17.8 Å². The summed E-state index contributed by atoms with van der Waals surface area (Å²) in [6, 6.07) is 10.7. The second kappa shape index (κ2) is 9.76. The van der Waals surface area contributed by atoms with Crippen LogP contribution in [0.3, 0.4) is 0 Å². The third-order valence-corrected chi connectivity index (χ3v) is 5.31. The second-order valence-corrected chi connectivity index (χ2v) is 7.75. The minimum Gasteiger partial charge on any atom is -0.490 e. The van der Waals surface area contributed by atoms with E-state index in [1.807, 2.05) is 24.3 Å². The highest BCUT2D eigenvalue weighted by Gasteiger charge is 2.17. The molecule has 1 saturated heterocycles. The lowest BCUT2D eigenvalue weighted by molar-refractivity contribution is 0.0255. The summed E-state index contributed by atoms with van der Waals surface area (Å²) in [5.41, 5.74) is 3.81. The van der Waals surface area contributed by atoms with Crippen LogP contribution in [0.1, 0.15) is 48.3 Å². The van der Waals surface area contributed by atoms with E-state index in [0.29, 0.717) is 6.42 Å². The summed E-state index contributed by atoms with van der Waals surface area (Å²) in [7, 11) is 0. The van der Waals surface area contributed by atoms with Gasteiger partial charge in [-0.25, -0.2) is 4.39 Å². The summed E-state index contributed by atoms with van der Waals surface area (Å²) in [6.45, 7) is 3.59. The molecule has 3 aromatic rings. The van der Waals surface area contributed by atoms with E-state index in [0.717, 1.165) is 60.9 Å². The largest absolute Gasteiger partial charge is 0.490 e. The van der Waals surface area contributed by atoms with Gasteiger partial charge in [-0.3, -0.25) is 15.0 Å². The maximum Gasteiger partial charge on any atom is 0.123 e. The van der Waals surface area contributed by atoms with Gasteiger partial charge in [0.15, 0.2) is 0 Å². The van der Waals surface area contributed by atoms with Gasteiger partial charge in [-0.05, 0) is 30.0 Å². The zero-order valence-corrected chi connectivity index (χ0v) is 17.1. The predicted molar refractivity (Wildman–Crippen MR) is 112 cm³/mol. The van der Waals surface area contributed by atoms with Crippen molar-refractivity contribution in [3.63, 3.8) is 0 Å². The molecule has 2 aromatic heterocycles. The Morgan fingerprint density at radius 1 is 1.07 bits per heavy atom. The summed E-state index contributed by atoms with van der Waals surface area (Å²) in [4.78, 5) is 13.4. The summed E-state index contributed by atoms with van der Waals surface area (Å²) >= 11 is 0. The van der Waals surface area contributed by atoms with E-state index in [1.165, 1.54) is 12.1 Å². The second-order valence-electron chi connectivity index (χ2n) is 7.75. The average molecular weight is 407 g/mol. The third-order valence-electron chi connectivity index (χ3n) is 5.31. The molecule has 156 valence electrons. The number of rotatable bonds is 7. The van der Waals surface area contributed by atoms with E-state index in [9.17, 15) is 4.39 Å². The van der Waals surface area contributed by atoms with Crippen LogP contribution >= 0.6 is 0 Å². The van der Waals surface area contributed by atoms with Gasteiger partial charge in [-0.1, -0.05) is 19.1 Å². The number of hydrogen-bond acceptors (Lipinski definition) is 5. The highest BCUT2D eigenvalue weighted by molar-refractivity contribution is 5.31. The van der Waals surface area contributed by atoms with Gasteiger partial charge >= 0.3 is 0 Å². The van der Waals surface area contributed by atoms with Gasteiger partial charge in [0.25, 0.3) is 0 Å². The molecule has 6 heteroatoms. The van der Waals surface area contributed by atoms with E-state index in [2.05, 4.69) is 16.9 Å². The first-order valence-corrected chi connectivity index (χ1v) is 10.4. The van der Waals surface area contributed by atoms with Crippen molar-refractivity contribution in [2.24, 2.45) is 0 Å². The van der Waals surface area contributed by atoms with Crippen molar-refractivity contribution in [3.8, 4) is 5.75 Å². The minimum absolute atomic E-state index is 0.160. The Morgan fingerprint density at radius 2 is 1.83 bits per heavy atom. The van der Waals surface area contributed by atoms with Gasteiger partial charge in [-0.2, -0.15) is 0 Å². The van der Waals surface area contributed by atoms with Crippen LogP contribution in [0.15, 0.2) is 55.0 Å². The number of hydrogen-bond donors (Lipinski definition) is 0. The van der Waals surface area contributed by atoms with Crippen LogP contribution in [0, 0.1) is 5.82 Å². The van der Waals surface area contributed by atoms with Crippen LogP contribution in [0.2, 0.25) is 0 Å². The molecule has 1 aliphatic rings. The Balaban J connectivity index is 1.56. The molecule has 1 fully saturated rings. The molecule has 0 spiro atoms. The Labute approximate surface area is 176 Å². The third kappa shape index (κ3) is 5.60. The smallest absolute Gasteiger partial charge is 0.123 e. The molecule has 5 nitrogen and oxygen atoms in total. The van der Waals surface area contributed by atoms with Crippen LogP contribution < -0.4 is 4.74 Å². The molecule has 4 rings (SSSR count). The number of pyridine rings is 1. The lowest BCUT2D eigenvalue weighted by Gasteiger charge is -2.24. The fraction of sp³-hybridized carbons (Fsp3) is 0.375. The monoisotopic (exact) mass is 407 g/mol. The van der Waals surface area contributed by atoms with Crippen LogP contribution in [-0.2, 0) is 17.6 Å². The minimum atomic E-state index is -0.220. The molecule has 0 unspecified atom stereocenters. The van der Waals surface area contributed by atoms with Crippen LogP contribution in [0.5, 0.6) is 5.75 Å². The SMILES string of the molecule is C[C@H](Cc1cc(OC2CCOCC2)cc(Cc2cnccn2)n1)c1ccc(F)cc1. The van der Waals surface area contributed by atoms with Crippen LogP contribution in [0.25, 0.3) is 0 Å². The van der Waals surface area contributed by atoms with E-state index in [4.69, 9.17) is 14.5 Å². The molecular formula is C24H26FN3O2. The molecule has 0 saturated carbocycles. The Hall–Kier alpha value is -2.86. The number of nitrogens with zero attached hydrogens (tertiary/aromatic N) is 3. The molecule has 3 heterocycles. The molecule has 1 atom stereocenters.